The van der Waals surface area contributed by atoms with Crippen molar-refractivity contribution in [1.82, 2.24) is 14.6 Å². The molecule has 0 amide bonds. The summed E-state index contributed by atoms with van der Waals surface area (Å²) in [6.45, 7) is 4.10. The lowest BCUT2D eigenvalue weighted by molar-refractivity contribution is -0.913. The molecule has 126 valence electrons. The second kappa shape index (κ2) is 6.14. The van der Waals surface area contributed by atoms with E-state index in [1.165, 1.54) is 45.7 Å². The van der Waals surface area contributed by atoms with Crippen LogP contribution in [0.15, 0.2) is 24.3 Å². The van der Waals surface area contributed by atoms with Gasteiger partial charge in [0.05, 0.1) is 13.1 Å². The van der Waals surface area contributed by atoms with Gasteiger partial charge in [-0.3, -0.25) is 0 Å². The van der Waals surface area contributed by atoms with Crippen molar-refractivity contribution in [2.24, 2.45) is 0 Å². The minimum absolute atomic E-state index is 0.00771. The number of aromatic hydroxyl groups is 1. The Bertz CT molecular complexity index is 851. The van der Waals surface area contributed by atoms with Gasteiger partial charge in [-0.2, -0.15) is 4.52 Å². The Hall–Kier alpha value is -1.99. The Morgan fingerprint density at radius 3 is 2.62 bits per heavy atom. The van der Waals surface area contributed by atoms with Gasteiger partial charge in [-0.25, -0.2) is 9.37 Å². The topological polar surface area (TPSA) is 54.9 Å². The third-order valence-electron chi connectivity index (χ3n) is 4.68. The number of nitrogens with one attached hydrogen (secondary N) is 1. The number of aryl methyl sites for hydroxylation is 1. The van der Waals surface area contributed by atoms with Crippen molar-refractivity contribution in [3.8, 4) is 5.88 Å². The number of thiazole rings is 1. The SMILES string of the molecule is CCc1nc2sc([C@H](c3ccc(F)cc3)[NH+]3CCCC3)c(O)n2n1. The van der Waals surface area contributed by atoms with Crippen molar-refractivity contribution in [2.75, 3.05) is 13.1 Å². The third kappa shape index (κ3) is 2.57. The van der Waals surface area contributed by atoms with Gasteiger partial charge in [0, 0.05) is 24.8 Å². The van der Waals surface area contributed by atoms with Crippen LogP contribution in [0.5, 0.6) is 5.88 Å². The maximum atomic E-state index is 13.3. The first kappa shape index (κ1) is 15.5. The Morgan fingerprint density at radius 1 is 1.29 bits per heavy atom. The van der Waals surface area contributed by atoms with Crippen molar-refractivity contribution in [2.45, 2.75) is 32.2 Å². The standard InChI is InChI=1S/C17H19FN4OS/c1-2-13-19-17-22(20-13)16(23)15(24-17)14(21-9-3-4-10-21)11-5-7-12(18)8-6-11/h5-8,14,23H,2-4,9-10H2,1H3/p+1/t14-/m0/s1. The van der Waals surface area contributed by atoms with Crippen molar-refractivity contribution in [3.63, 3.8) is 0 Å². The number of halogens is 1. The maximum Gasteiger partial charge on any atom is 0.235 e. The number of hydrogen-bond acceptors (Lipinski definition) is 4. The lowest BCUT2D eigenvalue weighted by atomic mass is 10.0. The number of rotatable bonds is 4. The van der Waals surface area contributed by atoms with E-state index >= 15 is 0 Å². The fourth-order valence-electron chi connectivity index (χ4n) is 3.47. The van der Waals surface area contributed by atoms with Gasteiger partial charge in [-0.15, -0.1) is 5.10 Å². The van der Waals surface area contributed by atoms with Crippen LogP contribution in [0.4, 0.5) is 4.39 Å². The van der Waals surface area contributed by atoms with Gasteiger partial charge in [0.1, 0.15) is 10.7 Å². The van der Waals surface area contributed by atoms with Crippen LogP contribution < -0.4 is 4.90 Å². The van der Waals surface area contributed by atoms with E-state index in [9.17, 15) is 9.50 Å². The number of fused-ring (bicyclic) bond motifs is 1. The fraction of sp³-hybridized carbons (Fsp3) is 0.412. The van der Waals surface area contributed by atoms with E-state index in [1.54, 1.807) is 0 Å². The van der Waals surface area contributed by atoms with Crippen LogP contribution in [-0.2, 0) is 6.42 Å². The Morgan fingerprint density at radius 2 is 2.00 bits per heavy atom. The number of likely N-dealkylation sites (tertiary alicyclic amines) is 1. The van der Waals surface area contributed by atoms with Crippen LogP contribution in [0.1, 0.15) is 42.1 Å². The summed E-state index contributed by atoms with van der Waals surface area (Å²) in [7, 11) is 0. The molecule has 1 aliphatic heterocycles. The van der Waals surface area contributed by atoms with Crippen molar-refractivity contribution < 1.29 is 14.4 Å². The van der Waals surface area contributed by atoms with Gasteiger partial charge < -0.3 is 10.0 Å². The van der Waals surface area contributed by atoms with E-state index in [-0.39, 0.29) is 17.7 Å². The van der Waals surface area contributed by atoms with E-state index < -0.39 is 0 Å². The predicted octanol–water partition coefficient (Wildman–Crippen LogP) is 1.97. The van der Waals surface area contributed by atoms with Crippen molar-refractivity contribution in [1.29, 1.82) is 0 Å². The molecule has 1 fully saturated rings. The highest BCUT2D eigenvalue weighted by Crippen LogP contribution is 2.35. The molecule has 2 N–H and O–H groups in total. The zero-order valence-electron chi connectivity index (χ0n) is 13.5. The molecule has 3 heterocycles. The summed E-state index contributed by atoms with van der Waals surface area (Å²) < 4.78 is 14.9. The molecule has 2 aromatic heterocycles. The Labute approximate surface area is 143 Å². The van der Waals surface area contributed by atoms with E-state index in [1.807, 2.05) is 19.1 Å². The van der Waals surface area contributed by atoms with E-state index in [4.69, 9.17) is 0 Å². The normalized spacial score (nSPS) is 16.9. The average Bonchev–Trinajstić information content (AvgIpc) is 3.29. The summed E-state index contributed by atoms with van der Waals surface area (Å²) in [4.78, 5) is 7.44. The summed E-state index contributed by atoms with van der Waals surface area (Å²) in [5.74, 6) is 0.652. The van der Waals surface area contributed by atoms with E-state index in [0.29, 0.717) is 4.96 Å². The molecular weight excluding hydrogens is 327 g/mol. The molecule has 0 aliphatic carbocycles. The number of quaternary nitrogens is 1. The molecule has 0 spiro atoms. The lowest BCUT2D eigenvalue weighted by Crippen LogP contribution is -3.10. The first-order chi connectivity index (χ1) is 11.7. The minimum Gasteiger partial charge on any atom is -0.492 e. The van der Waals surface area contributed by atoms with Crippen LogP contribution in [0.25, 0.3) is 4.96 Å². The van der Waals surface area contributed by atoms with Gasteiger partial charge in [0.2, 0.25) is 10.8 Å². The largest absolute Gasteiger partial charge is 0.492 e. The fourth-order valence-corrected chi connectivity index (χ4v) is 4.63. The van der Waals surface area contributed by atoms with Crippen LogP contribution >= 0.6 is 11.3 Å². The molecular formula is C17H20FN4OS+. The van der Waals surface area contributed by atoms with Gasteiger partial charge >= 0.3 is 0 Å². The van der Waals surface area contributed by atoms with Crippen molar-refractivity contribution >= 4 is 16.3 Å². The highest BCUT2D eigenvalue weighted by atomic mass is 32.1. The molecule has 1 atom stereocenters. The molecule has 5 nitrogen and oxygen atoms in total. The van der Waals surface area contributed by atoms with Crippen LogP contribution in [-0.4, -0.2) is 32.8 Å². The molecule has 4 rings (SSSR count). The second-order valence-electron chi connectivity index (χ2n) is 6.22. The second-order valence-corrected chi connectivity index (χ2v) is 7.22. The number of hydrogen-bond donors (Lipinski definition) is 2. The maximum absolute atomic E-state index is 13.3. The monoisotopic (exact) mass is 347 g/mol. The smallest absolute Gasteiger partial charge is 0.235 e. The zero-order valence-corrected chi connectivity index (χ0v) is 14.3. The highest BCUT2D eigenvalue weighted by Gasteiger charge is 2.34. The summed E-state index contributed by atoms with van der Waals surface area (Å²) in [6.07, 6.45) is 3.09. The minimum atomic E-state index is -0.242. The van der Waals surface area contributed by atoms with Crippen LogP contribution in [0, 0.1) is 5.82 Å². The molecule has 0 unspecified atom stereocenters. The number of benzene rings is 1. The highest BCUT2D eigenvalue weighted by molar-refractivity contribution is 7.17. The molecule has 3 aromatic rings. The molecule has 0 saturated carbocycles. The Kier molecular flexibility index (Phi) is 3.97. The van der Waals surface area contributed by atoms with Crippen molar-refractivity contribution in [3.05, 3.63) is 46.3 Å². The summed E-state index contributed by atoms with van der Waals surface area (Å²) in [6, 6.07) is 6.60. The van der Waals surface area contributed by atoms with E-state index in [0.717, 1.165) is 35.8 Å². The van der Waals surface area contributed by atoms with Gasteiger partial charge in [0.15, 0.2) is 11.9 Å². The van der Waals surface area contributed by atoms with E-state index in [2.05, 4.69) is 10.1 Å². The molecule has 0 bridgehead atoms. The summed E-state index contributed by atoms with van der Waals surface area (Å²) in [5.41, 5.74) is 1.02. The zero-order chi connectivity index (χ0) is 16.7. The number of aromatic nitrogens is 3. The number of nitrogens with zero attached hydrogens (tertiary/aromatic N) is 3. The van der Waals surface area contributed by atoms with Gasteiger partial charge in [-0.05, 0) is 24.3 Å². The van der Waals surface area contributed by atoms with Crippen LogP contribution in [0.3, 0.4) is 0 Å². The molecule has 0 radical (unpaired) electrons. The van der Waals surface area contributed by atoms with Gasteiger partial charge in [-0.1, -0.05) is 18.3 Å². The molecule has 1 aromatic carbocycles. The third-order valence-corrected chi connectivity index (χ3v) is 5.76. The first-order valence-corrected chi connectivity index (χ1v) is 9.16. The first-order valence-electron chi connectivity index (χ1n) is 8.34. The molecule has 1 aliphatic rings. The quantitative estimate of drug-likeness (QED) is 0.759. The Balaban J connectivity index is 1.82. The molecule has 1 saturated heterocycles. The predicted molar refractivity (Wildman–Crippen MR) is 90.1 cm³/mol. The lowest BCUT2D eigenvalue weighted by Gasteiger charge is -2.24. The summed E-state index contributed by atoms with van der Waals surface area (Å²) in [5, 5.41) is 15.1. The molecule has 7 heteroatoms. The average molecular weight is 347 g/mol. The molecule has 24 heavy (non-hydrogen) atoms. The summed E-state index contributed by atoms with van der Waals surface area (Å²) >= 11 is 1.48. The van der Waals surface area contributed by atoms with Gasteiger partial charge in [0.25, 0.3) is 0 Å². The van der Waals surface area contributed by atoms with Crippen LogP contribution in [0.2, 0.25) is 0 Å².